The van der Waals surface area contributed by atoms with E-state index < -0.39 is 11.9 Å². The highest BCUT2D eigenvalue weighted by atomic mass is 35.5. The van der Waals surface area contributed by atoms with E-state index in [0.717, 1.165) is 43.1 Å². The van der Waals surface area contributed by atoms with Crippen molar-refractivity contribution in [2.45, 2.75) is 44.6 Å². The van der Waals surface area contributed by atoms with E-state index in [4.69, 9.17) is 27.9 Å². The molecule has 0 bridgehead atoms. The lowest BCUT2D eigenvalue weighted by molar-refractivity contribution is -0.149. The van der Waals surface area contributed by atoms with E-state index in [9.17, 15) is 14.7 Å². The van der Waals surface area contributed by atoms with E-state index in [1.807, 2.05) is 146 Å². The summed E-state index contributed by atoms with van der Waals surface area (Å²) in [6, 6.07) is 39.0. The molecule has 8 heteroatoms. The summed E-state index contributed by atoms with van der Waals surface area (Å²) in [6.45, 7) is 3.76. The number of thiophene rings is 2. The van der Waals surface area contributed by atoms with Gasteiger partial charge in [0.1, 0.15) is 0 Å². The Morgan fingerprint density at radius 2 is 1.02 bits per heavy atom. The van der Waals surface area contributed by atoms with Crippen molar-refractivity contribution in [2.75, 3.05) is 0 Å². The number of hydrogen-bond donors (Lipinski definition) is 1. The standard InChI is InChI=1S/C22H21ClO2S.C19H15ClO2S/c1-15(2)25-22(24)20(14-16-6-4-3-5-7-16)19-12-13-26-21(19)17-8-10-18(23)11-9-17;20-15-8-6-14(7-9-15)18-16(10-11-23-18)17(19(21)22)12-13-4-2-1-3-5-13/h3-13,15,20H,14H2,1-2H3;1-11,17H,12H2,(H,21,22). The molecule has 0 saturated heterocycles. The molecule has 2 heterocycles. The normalized spacial score (nSPS) is 12.1. The summed E-state index contributed by atoms with van der Waals surface area (Å²) in [5.74, 6) is -1.88. The minimum atomic E-state index is -0.803. The molecule has 0 aliphatic heterocycles. The van der Waals surface area contributed by atoms with Crippen LogP contribution in [0.4, 0.5) is 0 Å². The highest BCUT2D eigenvalue weighted by Gasteiger charge is 2.27. The number of carbonyl (C=O) groups excluding carboxylic acids is 1. The van der Waals surface area contributed by atoms with Crippen molar-refractivity contribution in [1.29, 1.82) is 0 Å². The fourth-order valence-electron chi connectivity index (χ4n) is 5.52. The number of rotatable bonds is 11. The molecule has 6 rings (SSSR count). The second kappa shape index (κ2) is 17.5. The summed E-state index contributed by atoms with van der Waals surface area (Å²) < 4.78 is 5.56. The quantitative estimate of drug-likeness (QED) is 0.135. The Labute approximate surface area is 305 Å². The Kier molecular flexibility index (Phi) is 12.9. The van der Waals surface area contributed by atoms with Gasteiger partial charge in [0.15, 0.2) is 0 Å². The van der Waals surface area contributed by atoms with Gasteiger partial charge in [-0.3, -0.25) is 9.59 Å². The van der Waals surface area contributed by atoms with Crippen molar-refractivity contribution in [3.63, 3.8) is 0 Å². The first-order valence-corrected chi connectivity index (χ1v) is 18.4. The molecular weight excluding hydrogens is 691 g/mol. The van der Waals surface area contributed by atoms with Gasteiger partial charge in [-0.25, -0.2) is 0 Å². The van der Waals surface area contributed by atoms with Crippen LogP contribution in [0.1, 0.15) is 47.9 Å². The maximum Gasteiger partial charge on any atom is 0.314 e. The molecule has 1 N–H and O–H groups in total. The lowest BCUT2D eigenvalue weighted by Crippen LogP contribution is -2.21. The molecule has 49 heavy (non-hydrogen) atoms. The predicted molar refractivity (Wildman–Crippen MR) is 204 cm³/mol. The third kappa shape index (κ3) is 9.93. The average molecular weight is 728 g/mol. The molecule has 0 fully saturated rings. The van der Waals surface area contributed by atoms with E-state index in [0.29, 0.717) is 22.9 Å². The van der Waals surface area contributed by atoms with Crippen LogP contribution in [0.3, 0.4) is 0 Å². The summed E-state index contributed by atoms with van der Waals surface area (Å²) in [4.78, 5) is 26.8. The number of carboxylic acids is 1. The second-order valence-corrected chi connectivity index (χ2v) is 14.4. The van der Waals surface area contributed by atoms with Gasteiger partial charge in [0.05, 0.1) is 17.9 Å². The van der Waals surface area contributed by atoms with E-state index in [2.05, 4.69) is 0 Å². The highest BCUT2D eigenvalue weighted by Crippen LogP contribution is 2.38. The van der Waals surface area contributed by atoms with Crippen LogP contribution in [-0.4, -0.2) is 23.1 Å². The SMILES string of the molecule is CC(C)OC(=O)C(Cc1ccccc1)c1ccsc1-c1ccc(Cl)cc1.O=C(O)C(Cc1ccccc1)c1ccsc1-c1ccc(Cl)cc1. The van der Waals surface area contributed by atoms with Gasteiger partial charge in [0.2, 0.25) is 0 Å². The highest BCUT2D eigenvalue weighted by molar-refractivity contribution is 7.14. The van der Waals surface area contributed by atoms with E-state index in [1.165, 1.54) is 0 Å². The van der Waals surface area contributed by atoms with E-state index >= 15 is 0 Å². The van der Waals surface area contributed by atoms with Crippen molar-refractivity contribution in [2.24, 2.45) is 0 Å². The first-order valence-electron chi connectivity index (χ1n) is 15.9. The molecule has 0 aliphatic rings. The molecular formula is C41H36Cl2O4S2. The van der Waals surface area contributed by atoms with Gasteiger partial charge < -0.3 is 9.84 Å². The van der Waals surface area contributed by atoms with Gasteiger partial charge in [-0.15, -0.1) is 22.7 Å². The number of benzene rings is 4. The Balaban J connectivity index is 0.000000192. The van der Waals surface area contributed by atoms with Crippen LogP contribution in [0.2, 0.25) is 10.0 Å². The van der Waals surface area contributed by atoms with Gasteiger partial charge in [-0.05, 0) is 107 Å². The monoisotopic (exact) mass is 726 g/mol. The van der Waals surface area contributed by atoms with E-state index in [-0.39, 0.29) is 18.0 Å². The van der Waals surface area contributed by atoms with Gasteiger partial charge in [0.25, 0.3) is 0 Å². The zero-order valence-corrected chi connectivity index (χ0v) is 30.2. The lowest BCUT2D eigenvalue weighted by Gasteiger charge is -2.19. The maximum absolute atomic E-state index is 12.9. The molecule has 2 atom stereocenters. The number of aliphatic carboxylic acids is 1. The largest absolute Gasteiger partial charge is 0.481 e. The van der Waals surface area contributed by atoms with Crippen LogP contribution in [-0.2, 0) is 27.2 Å². The maximum atomic E-state index is 12.9. The van der Waals surface area contributed by atoms with Crippen LogP contribution in [0.25, 0.3) is 20.9 Å². The Bertz CT molecular complexity index is 1930. The summed E-state index contributed by atoms with van der Waals surface area (Å²) in [6.07, 6.45) is 0.954. The number of halogens is 2. The fourth-order valence-corrected chi connectivity index (χ4v) is 7.71. The number of hydrogen-bond acceptors (Lipinski definition) is 5. The molecule has 2 aromatic heterocycles. The molecule has 0 radical (unpaired) electrons. The average Bonchev–Trinajstić information content (AvgIpc) is 3.78. The predicted octanol–water partition coefficient (Wildman–Crippen LogP) is 11.8. The van der Waals surface area contributed by atoms with Crippen LogP contribution in [0.15, 0.2) is 132 Å². The molecule has 6 aromatic rings. The summed E-state index contributed by atoms with van der Waals surface area (Å²) in [7, 11) is 0. The lowest BCUT2D eigenvalue weighted by atomic mass is 9.91. The van der Waals surface area contributed by atoms with Gasteiger partial charge >= 0.3 is 11.9 Å². The van der Waals surface area contributed by atoms with E-state index in [1.54, 1.807) is 22.7 Å². The first kappa shape index (κ1) is 36.1. The molecule has 0 amide bonds. The van der Waals surface area contributed by atoms with Crippen molar-refractivity contribution in [3.8, 4) is 20.9 Å². The van der Waals surface area contributed by atoms with Gasteiger partial charge in [-0.2, -0.15) is 0 Å². The Morgan fingerprint density at radius 1 is 0.612 bits per heavy atom. The molecule has 250 valence electrons. The second-order valence-electron chi connectivity index (χ2n) is 11.7. The fraction of sp³-hybridized carbons (Fsp3) is 0.171. The minimum Gasteiger partial charge on any atom is -0.481 e. The smallest absolute Gasteiger partial charge is 0.314 e. The Morgan fingerprint density at radius 3 is 1.43 bits per heavy atom. The molecule has 4 nitrogen and oxygen atoms in total. The van der Waals surface area contributed by atoms with Crippen LogP contribution >= 0.6 is 45.9 Å². The van der Waals surface area contributed by atoms with Gasteiger partial charge in [-0.1, -0.05) is 108 Å². The number of carboxylic acid groups (broad SMARTS) is 1. The minimum absolute atomic E-state index is 0.140. The number of esters is 1. The molecule has 0 aliphatic carbocycles. The van der Waals surface area contributed by atoms with Crippen molar-refractivity contribution < 1.29 is 19.4 Å². The topological polar surface area (TPSA) is 63.6 Å². The first-order chi connectivity index (χ1) is 23.7. The van der Waals surface area contributed by atoms with Crippen LogP contribution < -0.4 is 0 Å². The van der Waals surface area contributed by atoms with Gasteiger partial charge in [0, 0.05) is 19.8 Å². The third-order valence-corrected chi connectivity index (χ3v) is 10.3. The molecule has 2 unspecified atom stereocenters. The Hall–Kier alpha value is -4.20. The van der Waals surface area contributed by atoms with Crippen molar-refractivity contribution in [1.82, 2.24) is 0 Å². The zero-order chi connectivity index (χ0) is 34.8. The third-order valence-electron chi connectivity index (χ3n) is 7.85. The van der Waals surface area contributed by atoms with Crippen molar-refractivity contribution >= 4 is 57.8 Å². The van der Waals surface area contributed by atoms with Crippen LogP contribution in [0.5, 0.6) is 0 Å². The van der Waals surface area contributed by atoms with Crippen molar-refractivity contribution in [3.05, 3.63) is 164 Å². The van der Waals surface area contributed by atoms with Crippen LogP contribution in [0, 0.1) is 0 Å². The molecule has 4 aromatic carbocycles. The zero-order valence-electron chi connectivity index (χ0n) is 27.1. The molecule has 0 spiro atoms. The number of ether oxygens (including phenoxy) is 1. The molecule has 0 saturated carbocycles. The summed E-state index contributed by atoms with van der Waals surface area (Å²) in [5.41, 5.74) is 6.06. The number of carbonyl (C=O) groups is 2. The summed E-state index contributed by atoms with van der Waals surface area (Å²) >= 11 is 15.2. The summed E-state index contributed by atoms with van der Waals surface area (Å²) in [5, 5.41) is 15.1.